The van der Waals surface area contributed by atoms with Crippen molar-refractivity contribution in [2.45, 2.75) is 19.8 Å². The zero-order valence-corrected chi connectivity index (χ0v) is 11.6. The van der Waals surface area contributed by atoms with Gasteiger partial charge in [-0.2, -0.15) is 0 Å². The second-order valence-electron chi connectivity index (χ2n) is 4.21. The van der Waals surface area contributed by atoms with Crippen LogP contribution in [0.1, 0.15) is 25.3 Å². The van der Waals surface area contributed by atoms with Crippen LogP contribution in [0.25, 0.3) is 5.57 Å². The number of para-hydroxylation sites is 1. The monoisotopic (exact) mass is 269 g/mol. The van der Waals surface area contributed by atoms with Crippen LogP contribution in [-0.2, 0) is 0 Å². The van der Waals surface area contributed by atoms with Gasteiger partial charge in [0.1, 0.15) is 0 Å². The summed E-state index contributed by atoms with van der Waals surface area (Å²) in [7, 11) is 0. The SMILES string of the molecule is CCC1=CCN(CCCCl)c2c(Cl)cccc21. The lowest BCUT2D eigenvalue weighted by Gasteiger charge is -2.31. The number of benzene rings is 1. The molecule has 0 N–H and O–H groups in total. The zero-order chi connectivity index (χ0) is 12.3. The lowest BCUT2D eigenvalue weighted by molar-refractivity contribution is 0.811. The molecule has 0 saturated heterocycles. The summed E-state index contributed by atoms with van der Waals surface area (Å²) in [4.78, 5) is 2.32. The molecule has 0 amide bonds. The Kier molecular flexibility index (Phi) is 4.36. The quantitative estimate of drug-likeness (QED) is 0.724. The van der Waals surface area contributed by atoms with Crippen LogP contribution in [0.3, 0.4) is 0 Å². The molecule has 0 atom stereocenters. The van der Waals surface area contributed by atoms with E-state index in [9.17, 15) is 0 Å². The van der Waals surface area contributed by atoms with Gasteiger partial charge in [-0.1, -0.05) is 36.7 Å². The molecule has 0 aliphatic carbocycles. The van der Waals surface area contributed by atoms with E-state index in [2.05, 4.69) is 24.0 Å². The third-order valence-corrected chi connectivity index (χ3v) is 3.72. The Hall–Kier alpha value is -0.660. The molecule has 92 valence electrons. The molecule has 1 aromatic rings. The van der Waals surface area contributed by atoms with Crippen molar-refractivity contribution in [3.63, 3.8) is 0 Å². The summed E-state index contributed by atoms with van der Waals surface area (Å²) in [5, 5.41) is 0.844. The third-order valence-electron chi connectivity index (χ3n) is 3.15. The molecule has 0 spiro atoms. The molecule has 0 aromatic heterocycles. The summed E-state index contributed by atoms with van der Waals surface area (Å²) >= 11 is 12.1. The van der Waals surface area contributed by atoms with Crippen molar-refractivity contribution in [1.29, 1.82) is 0 Å². The van der Waals surface area contributed by atoms with E-state index < -0.39 is 0 Å². The predicted molar refractivity (Wildman–Crippen MR) is 77.3 cm³/mol. The summed E-state index contributed by atoms with van der Waals surface area (Å²) in [6, 6.07) is 6.14. The van der Waals surface area contributed by atoms with Crippen LogP contribution in [0.5, 0.6) is 0 Å². The lowest BCUT2D eigenvalue weighted by atomic mass is 9.97. The molecular weight excluding hydrogens is 253 g/mol. The molecule has 0 unspecified atom stereocenters. The molecule has 1 nitrogen and oxygen atoms in total. The minimum Gasteiger partial charge on any atom is -0.366 e. The normalized spacial score (nSPS) is 14.5. The number of rotatable bonds is 4. The molecule has 17 heavy (non-hydrogen) atoms. The number of fused-ring (bicyclic) bond motifs is 1. The van der Waals surface area contributed by atoms with Crippen molar-refractivity contribution in [3.8, 4) is 0 Å². The van der Waals surface area contributed by atoms with Crippen molar-refractivity contribution in [2.75, 3.05) is 23.9 Å². The number of hydrogen-bond donors (Lipinski definition) is 0. The summed E-state index contributed by atoms with van der Waals surface area (Å²) < 4.78 is 0. The summed E-state index contributed by atoms with van der Waals surface area (Å²) in [5.74, 6) is 0.695. The van der Waals surface area contributed by atoms with E-state index in [1.54, 1.807) is 0 Å². The average Bonchev–Trinajstić information content (AvgIpc) is 2.36. The number of anilines is 1. The van der Waals surface area contributed by atoms with Gasteiger partial charge in [0.05, 0.1) is 10.7 Å². The van der Waals surface area contributed by atoms with Crippen LogP contribution in [0.15, 0.2) is 24.3 Å². The minimum atomic E-state index is 0.695. The van der Waals surface area contributed by atoms with Gasteiger partial charge in [-0.05, 0) is 24.5 Å². The Balaban J connectivity index is 2.37. The first-order valence-electron chi connectivity index (χ1n) is 6.06. The molecule has 0 fully saturated rings. The van der Waals surface area contributed by atoms with Crippen molar-refractivity contribution in [3.05, 3.63) is 34.9 Å². The van der Waals surface area contributed by atoms with Crippen LogP contribution < -0.4 is 4.90 Å². The van der Waals surface area contributed by atoms with E-state index in [1.165, 1.54) is 16.8 Å². The first-order valence-corrected chi connectivity index (χ1v) is 6.98. The topological polar surface area (TPSA) is 3.24 Å². The summed E-state index contributed by atoms with van der Waals surface area (Å²) in [6.45, 7) is 4.09. The smallest absolute Gasteiger partial charge is 0.0645 e. The fraction of sp³-hybridized carbons (Fsp3) is 0.429. The maximum Gasteiger partial charge on any atom is 0.0645 e. The minimum absolute atomic E-state index is 0.695. The van der Waals surface area contributed by atoms with Gasteiger partial charge in [0.2, 0.25) is 0 Å². The first kappa shape index (κ1) is 12.8. The molecule has 3 heteroatoms. The van der Waals surface area contributed by atoms with Gasteiger partial charge in [0.15, 0.2) is 0 Å². The standard InChI is InChI=1S/C14H17Cl2N/c1-2-11-7-10-17(9-4-8-15)14-12(11)5-3-6-13(14)16/h3,5-7H,2,4,8-10H2,1H3. The third kappa shape index (κ3) is 2.61. The first-order chi connectivity index (χ1) is 8.27. The predicted octanol–water partition coefficient (Wildman–Crippen LogP) is 4.58. The Morgan fingerprint density at radius 2 is 2.18 bits per heavy atom. The van der Waals surface area contributed by atoms with Gasteiger partial charge in [-0.25, -0.2) is 0 Å². The van der Waals surface area contributed by atoms with Crippen LogP contribution in [-0.4, -0.2) is 19.0 Å². The highest BCUT2D eigenvalue weighted by Gasteiger charge is 2.19. The molecule has 2 rings (SSSR count). The zero-order valence-electron chi connectivity index (χ0n) is 10.0. The van der Waals surface area contributed by atoms with E-state index in [4.69, 9.17) is 23.2 Å². The largest absolute Gasteiger partial charge is 0.366 e. The van der Waals surface area contributed by atoms with Gasteiger partial charge >= 0.3 is 0 Å². The van der Waals surface area contributed by atoms with E-state index in [1.807, 2.05) is 12.1 Å². The van der Waals surface area contributed by atoms with Gasteiger partial charge < -0.3 is 4.90 Å². The molecule has 1 aliphatic rings. The van der Waals surface area contributed by atoms with E-state index in [0.717, 1.165) is 31.0 Å². The molecular formula is C14H17Cl2N. The number of allylic oxidation sites excluding steroid dienone is 1. The maximum absolute atomic E-state index is 6.34. The number of nitrogens with zero attached hydrogens (tertiary/aromatic N) is 1. The highest BCUT2D eigenvalue weighted by atomic mass is 35.5. The average molecular weight is 270 g/mol. The second kappa shape index (κ2) is 5.79. The fourth-order valence-corrected chi connectivity index (χ4v) is 2.72. The Labute approximate surface area is 113 Å². The molecule has 1 heterocycles. The van der Waals surface area contributed by atoms with Crippen molar-refractivity contribution < 1.29 is 0 Å². The lowest BCUT2D eigenvalue weighted by Crippen LogP contribution is -2.28. The van der Waals surface area contributed by atoms with Crippen molar-refractivity contribution >= 4 is 34.5 Å². The van der Waals surface area contributed by atoms with E-state index in [0.29, 0.717) is 5.88 Å². The van der Waals surface area contributed by atoms with Crippen LogP contribution in [0.4, 0.5) is 5.69 Å². The Morgan fingerprint density at radius 3 is 2.88 bits per heavy atom. The van der Waals surface area contributed by atoms with Gasteiger partial charge in [-0.3, -0.25) is 0 Å². The van der Waals surface area contributed by atoms with Gasteiger partial charge in [0, 0.05) is 24.5 Å². The Morgan fingerprint density at radius 1 is 1.35 bits per heavy atom. The fourth-order valence-electron chi connectivity index (χ4n) is 2.31. The van der Waals surface area contributed by atoms with E-state index >= 15 is 0 Å². The number of hydrogen-bond acceptors (Lipinski definition) is 1. The van der Waals surface area contributed by atoms with Crippen LogP contribution in [0.2, 0.25) is 5.02 Å². The highest BCUT2D eigenvalue weighted by Crippen LogP contribution is 2.38. The number of halogens is 2. The summed E-state index contributed by atoms with van der Waals surface area (Å²) in [6.07, 6.45) is 4.34. The van der Waals surface area contributed by atoms with Crippen molar-refractivity contribution in [2.24, 2.45) is 0 Å². The van der Waals surface area contributed by atoms with E-state index in [-0.39, 0.29) is 0 Å². The Bertz CT molecular complexity index is 426. The number of alkyl halides is 1. The molecule has 1 aromatic carbocycles. The van der Waals surface area contributed by atoms with Crippen LogP contribution in [0, 0.1) is 0 Å². The molecule has 0 radical (unpaired) electrons. The molecule has 1 aliphatic heterocycles. The molecule has 0 bridgehead atoms. The highest BCUT2D eigenvalue weighted by molar-refractivity contribution is 6.33. The summed E-state index contributed by atoms with van der Waals surface area (Å²) in [5.41, 5.74) is 3.85. The van der Waals surface area contributed by atoms with Gasteiger partial charge in [-0.15, -0.1) is 11.6 Å². The second-order valence-corrected chi connectivity index (χ2v) is 4.99. The van der Waals surface area contributed by atoms with Gasteiger partial charge in [0.25, 0.3) is 0 Å². The van der Waals surface area contributed by atoms with Crippen molar-refractivity contribution in [1.82, 2.24) is 0 Å². The van der Waals surface area contributed by atoms with Crippen LogP contribution >= 0.6 is 23.2 Å². The molecule has 0 saturated carbocycles. The maximum atomic E-state index is 6.34.